The number of hydrogen-bond acceptors (Lipinski definition) is 1. The molecule has 66 valence electrons. The minimum Gasteiger partial charge on any atom is -0.386 e. The van der Waals surface area contributed by atoms with Crippen LogP contribution in [0.15, 0.2) is 18.2 Å². The summed E-state index contributed by atoms with van der Waals surface area (Å²) in [4.78, 5) is 0. The molecule has 1 N–H and O–H groups in total. The lowest BCUT2D eigenvalue weighted by Gasteiger charge is -2.06. The van der Waals surface area contributed by atoms with Crippen LogP contribution in [0, 0.1) is 12.7 Å². The second-order valence-electron chi connectivity index (χ2n) is 2.73. The third-order valence-corrected chi connectivity index (χ3v) is 1.60. The second kappa shape index (κ2) is 3.63. The summed E-state index contributed by atoms with van der Waals surface area (Å²) in [5, 5.41) is 9.04. The van der Waals surface area contributed by atoms with E-state index in [1.54, 1.807) is 13.0 Å². The molecule has 1 aromatic rings. The normalized spacial score (nSPS) is 13.0. The molecular weight excluding hydrogens is 162 g/mol. The Morgan fingerprint density at radius 1 is 1.42 bits per heavy atom. The lowest BCUT2D eigenvalue weighted by atomic mass is 10.1. The highest BCUT2D eigenvalue weighted by atomic mass is 19.1. The predicted molar refractivity (Wildman–Crippen MR) is 42.1 cm³/mol. The first kappa shape index (κ1) is 9.13. The standard InChI is InChI=1S/C9H10F2O/c1-6-2-7(9(12)5-10)4-8(11)3-6/h2-4,9,12H,5H2,1H3. The lowest BCUT2D eigenvalue weighted by molar-refractivity contribution is 0.141. The minimum atomic E-state index is -1.21. The molecule has 1 nitrogen and oxygen atoms in total. The van der Waals surface area contributed by atoms with Gasteiger partial charge in [0, 0.05) is 0 Å². The van der Waals surface area contributed by atoms with Crippen molar-refractivity contribution in [3.8, 4) is 0 Å². The Labute approximate surface area is 69.7 Å². The molecule has 0 bridgehead atoms. The van der Waals surface area contributed by atoms with Crippen LogP contribution < -0.4 is 0 Å². The summed E-state index contributed by atoms with van der Waals surface area (Å²) in [6.07, 6.45) is -1.21. The highest BCUT2D eigenvalue weighted by molar-refractivity contribution is 5.25. The number of hydrogen-bond donors (Lipinski definition) is 1. The molecule has 0 saturated heterocycles. The van der Waals surface area contributed by atoms with Crippen molar-refractivity contribution in [3.63, 3.8) is 0 Å². The van der Waals surface area contributed by atoms with Crippen molar-refractivity contribution in [2.75, 3.05) is 6.67 Å². The number of aliphatic hydroxyl groups is 1. The van der Waals surface area contributed by atoms with E-state index in [4.69, 9.17) is 5.11 Å². The van der Waals surface area contributed by atoms with Gasteiger partial charge in [0.2, 0.25) is 0 Å². The van der Waals surface area contributed by atoms with Crippen LogP contribution in [0.25, 0.3) is 0 Å². The largest absolute Gasteiger partial charge is 0.386 e. The van der Waals surface area contributed by atoms with Crippen molar-refractivity contribution in [2.45, 2.75) is 13.0 Å². The number of alkyl halides is 1. The van der Waals surface area contributed by atoms with Crippen LogP contribution in [0.5, 0.6) is 0 Å². The quantitative estimate of drug-likeness (QED) is 0.724. The van der Waals surface area contributed by atoms with E-state index >= 15 is 0 Å². The van der Waals surface area contributed by atoms with Gasteiger partial charge in [-0.1, -0.05) is 6.07 Å². The van der Waals surface area contributed by atoms with E-state index in [-0.39, 0.29) is 5.56 Å². The Kier molecular flexibility index (Phi) is 2.76. The second-order valence-corrected chi connectivity index (χ2v) is 2.73. The summed E-state index contributed by atoms with van der Waals surface area (Å²) in [5.41, 5.74) is 0.965. The summed E-state index contributed by atoms with van der Waals surface area (Å²) in [7, 11) is 0. The molecule has 1 unspecified atom stereocenters. The monoisotopic (exact) mass is 172 g/mol. The molecule has 12 heavy (non-hydrogen) atoms. The number of aliphatic hydroxyl groups excluding tert-OH is 1. The van der Waals surface area contributed by atoms with Gasteiger partial charge in [0.25, 0.3) is 0 Å². The van der Waals surface area contributed by atoms with E-state index in [2.05, 4.69) is 0 Å². The number of benzene rings is 1. The molecule has 0 fully saturated rings. The van der Waals surface area contributed by atoms with Crippen molar-refractivity contribution in [3.05, 3.63) is 35.1 Å². The van der Waals surface area contributed by atoms with E-state index in [1.165, 1.54) is 6.07 Å². The molecule has 0 aliphatic carbocycles. The summed E-state index contributed by atoms with van der Waals surface area (Å²) in [6.45, 7) is 0.806. The Balaban J connectivity index is 3.00. The average Bonchev–Trinajstić information content (AvgIpc) is 2.01. The molecule has 1 atom stereocenters. The maximum atomic E-state index is 12.7. The van der Waals surface area contributed by atoms with Crippen molar-refractivity contribution in [2.24, 2.45) is 0 Å². The van der Waals surface area contributed by atoms with Gasteiger partial charge in [0.05, 0.1) is 0 Å². The highest BCUT2D eigenvalue weighted by Crippen LogP contribution is 2.16. The van der Waals surface area contributed by atoms with Crippen LogP contribution in [0.4, 0.5) is 8.78 Å². The summed E-state index contributed by atoms with van der Waals surface area (Å²) in [5.74, 6) is -0.447. The van der Waals surface area contributed by atoms with Gasteiger partial charge in [-0.05, 0) is 30.2 Å². The van der Waals surface area contributed by atoms with Crippen LogP contribution >= 0.6 is 0 Å². The van der Waals surface area contributed by atoms with Crippen LogP contribution in [-0.4, -0.2) is 11.8 Å². The molecule has 0 spiro atoms. The molecule has 0 saturated carbocycles. The van der Waals surface area contributed by atoms with Crippen LogP contribution in [0.2, 0.25) is 0 Å². The summed E-state index contributed by atoms with van der Waals surface area (Å²) >= 11 is 0. The molecule has 0 radical (unpaired) electrons. The fourth-order valence-electron chi connectivity index (χ4n) is 1.05. The van der Waals surface area contributed by atoms with Gasteiger partial charge in [-0.15, -0.1) is 0 Å². The molecule has 3 heteroatoms. The fourth-order valence-corrected chi connectivity index (χ4v) is 1.05. The topological polar surface area (TPSA) is 20.2 Å². The molecule has 0 heterocycles. The zero-order valence-corrected chi connectivity index (χ0v) is 6.72. The number of rotatable bonds is 2. The van der Waals surface area contributed by atoms with E-state index in [0.717, 1.165) is 6.07 Å². The number of halogens is 2. The van der Waals surface area contributed by atoms with Crippen LogP contribution in [-0.2, 0) is 0 Å². The third-order valence-electron chi connectivity index (χ3n) is 1.60. The summed E-state index contributed by atoms with van der Waals surface area (Å²) < 4.78 is 24.7. The molecule has 0 aliphatic rings. The third kappa shape index (κ3) is 2.01. The molecule has 0 aromatic heterocycles. The molecular formula is C9H10F2O. The van der Waals surface area contributed by atoms with Crippen molar-refractivity contribution in [1.82, 2.24) is 0 Å². The number of aryl methyl sites for hydroxylation is 1. The maximum absolute atomic E-state index is 12.7. The Hall–Kier alpha value is -0.960. The van der Waals surface area contributed by atoms with Gasteiger partial charge in [-0.25, -0.2) is 8.78 Å². The van der Waals surface area contributed by atoms with E-state index in [1.807, 2.05) is 0 Å². The van der Waals surface area contributed by atoms with E-state index < -0.39 is 18.6 Å². The van der Waals surface area contributed by atoms with Crippen molar-refractivity contribution >= 4 is 0 Å². The predicted octanol–water partition coefficient (Wildman–Crippen LogP) is 2.14. The van der Waals surface area contributed by atoms with Crippen LogP contribution in [0.1, 0.15) is 17.2 Å². The lowest BCUT2D eigenvalue weighted by Crippen LogP contribution is -2.00. The van der Waals surface area contributed by atoms with Crippen molar-refractivity contribution < 1.29 is 13.9 Å². The first-order chi connectivity index (χ1) is 5.63. The first-order valence-electron chi connectivity index (χ1n) is 3.64. The fraction of sp³-hybridized carbons (Fsp3) is 0.333. The first-order valence-corrected chi connectivity index (χ1v) is 3.64. The SMILES string of the molecule is Cc1cc(F)cc(C(O)CF)c1. The Morgan fingerprint density at radius 2 is 2.08 bits per heavy atom. The van der Waals surface area contributed by atoms with E-state index in [0.29, 0.717) is 5.56 Å². The van der Waals surface area contributed by atoms with Gasteiger partial charge in [0.15, 0.2) is 0 Å². The zero-order valence-electron chi connectivity index (χ0n) is 6.72. The van der Waals surface area contributed by atoms with Gasteiger partial charge in [-0.3, -0.25) is 0 Å². The molecule has 1 rings (SSSR count). The van der Waals surface area contributed by atoms with Gasteiger partial charge in [0.1, 0.15) is 18.6 Å². The van der Waals surface area contributed by atoms with Crippen molar-refractivity contribution in [1.29, 1.82) is 0 Å². The van der Waals surface area contributed by atoms with E-state index in [9.17, 15) is 8.78 Å². The molecule has 0 amide bonds. The van der Waals surface area contributed by atoms with Gasteiger partial charge >= 0.3 is 0 Å². The zero-order chi connectivity index (χ0) is 9.14. The van der Waals surface area contributed by atoms with Crippen LogP contribution in [0.3, 0.4) is 0 Å². The molecule has 1 aromatic carbocycles. The summed E-state index contributed by atoms with van der Waals surface area (Å²) in [6, 6.07) is 4.03. The van der Waals surface area contributed by atoms with Gasteiger partial charge in [-0.2, -0.15) is 0 Å². The molecule has 0 aliphatic heterocycles. The highest BCUT2D eigenvalue weighted by Gasteiger charge is 2.07. The average molecular weight is 172 g/mol. The minimum absolute atomic E-state index is 0.287. The Bertz CT molecular complexity index is 253. The Morgan fingerprint density at radius 3 is 2.58 bits per heavy atom. The van der Waals surface area contributed by atoms with Gasteiger partial charge < -0.3 is 5.11 Å². The smallest absolute Gasteiger partial charge is 0.123 e. The maximum Gasteiger partial charge on any atom is 0.123 e.